The van der Waals surface area contributed by atoms with Gasteiger partial charge in [0.1, 0.15) is 0 Å². The van der Waals surface area contributed by atoms with Crippen molar-refractivity contribution in [1.82, 2.24) is 0 Å². The van der Waals surface area contributed by atoms with Gasteiger partial charge in [0.2, 0.25) is 0 Å². The van der Waals surface area contributed by atoms with Gasteiger partial charge in [-0.3, -0.25) is 0 Å². The van der Waals surface area contributed by atoms with E-state index in [1.165, 1.54) is 0 Å². The van der Waals surface area contributed by atoms with Gasteiger partial charge in [-0.2, -0.15) is 0 Å². The van der Waals surface area contributed by atoms with E-state index < -0.39 is 8.32 Å². The third-order valence-corrected chi connectivity index (χ3v) is 9.22. The molecule has 1 aliphatic heterocycles. The highest BCUT2D eigenvalue weighted by molar-refractivity contribution is 6.74. The zero-order chi connectivity index (χ0) is 14.7. The van der Waals surface area contributed by atoms with Gasteiger partial charge in [0.15, 0.2) is 8.32 Å². The Morgan fingerprint density at radius 2 is 1.95 bits per heavy atom. The van der Waals surface area contributed by atoms with E-state index in [1.54, 1.807) is 0 Å². The van der Waals surface area contributed by atoms with Crippen LogP contribution in [-0.2, 0) is 9.16 Å². The Hall–Kier alpha value is 0.0969. The number of rotatable bonds is 6. The lowest BCUT2D eigenvalue weighted by Crippen LogP contribution is -2.42. The van der Waals surface area contributed by atoms with E-state index >= 15 is 0 Å². The van der Waals surface area contributed by atoms with Gasteiger partial charge in [0.25, 0.3) is 0 Å². The number of hydrogen-bond donors (Lipinski definition) is 1. The Bertz CT molecular complexity index is 273. The summed E-state index contributed by atoms with van der Waals surface area (Å²) in [5.41, 5.74) is 0. The molecule has 1 heterocycles. The number of ether oxygens (including phenoxy) is 1. The van der Waals surface area contributed by atoms with E-state index in [2.05, 4.69) is 40.8 Å². The fourth-order valence-corrected chi connectivity index (χ4v) is 3.31. The average Bonchev–Trinajstić information content (AvgIpc) is 2.63. The van der Waals surface area contributed by atoms with Crippen LogP contribution in [0.5, 0.6) is 0 Å². The maximum absolute atomic E-state index is 8.90. The lowest BCUT2D eigenvalue weighted by Gasteiger charge is -2.36. The second-order valence-electron chi connectivity index (χ2n) is 7.45. The maximum atomic E-state index is 8.90. The molecule has 0 radical (unpaired) electrons. The molecule has 0 aromatic rings. The van der Waals surface area contributed by atoms with E-state index in [4.69, 9.17) is 14.3 Å². The van der Waals surface area contributed by atoms with Crippen molar-refractivity contribution < 1.29 is 14.3 Å². The van der Waals surface area contributed by atoms with Gasteiger partial charge < -0.3 is 14.3 Å². The molecule has 3 atom stereocenters. The Kier molecular flexibility index (Phi) is 6.05. The predicted molar refractivity (Wildman–Crippen MR) is 81.9 cm³/mol. The van der Waals surface area contributed by atoms with Crippen molar-refractivity contribution in [3.63, 3.8) is 0 Å². The standard InChI is InChI=1S/C15H32O3Si/c1-12-10-13(18-14(12)8-7-9-16)11-17-19(5,6)15(2,3)4/h12-14,16H,7-11H2,1-6H3/t12-,13+,14-/m0/s1. The van der Waals surface area contributed by atoms with Crippen molar-refractivity contribution in [2.45, 2.75) is 77.3 Å². The van der Waals surface area contributed by atoms with Crippen LogP contribution >= 0.6 is 0 Å². The molecule has 0 aliphatic carbocycles. The van der Waals surface area contributed by atoms with Gasteiger partial charge in [-0.1, -0.05) is 27.7 Å². The van der Waals surface area contributed by atoms with Crippen LogP contribution in [0.1, 0.15) is 47.0 Å². The summed E-state index contributed by atoms with van der Waals surface area (Å²) in [6, 6.07) is 0. The molecule has 0 bridgehead atoms. The first-order valence-corrected chi connectivity index (χ1v) is 10.5. The fourth-order valence-electron chi connectivity index (χ4n) is 2.27. The number of hydrogen-bond acceptors (Lipinski definition) is 3. The Morgan fingerprint density at radius 1 is 1.32 bits per heavy atom. The summed E-state index contributed by atoms with van der Waals surface area (Å²) in [5, 5.41) is 9.16. The molecule has 1 saturated heterocycles. The molecule has 1 fully saturated rings. The Balaban J connectivity index is 2.40. The van der Waals surface area contributed by atoms with Crippen LogP contribution < -0.4 is 0 Å². The van der Waals surface area contributed by atoms with E-state index in [0.29, 0.717) is 12.0 Å². The minimum absolute atomic E-state index is 0.243. The minimum Gasteiger partial charge on any atom is -0.414 e. The molecule has 0 aromatic heterocycles. The van der Waals surface area contributed by atoms with Crippen LogP contribution in [0.25, 0.3) is 0 Å². The lowest BCUT2D eigenvalue weighted by molar-refractivity contribution is 0.00282. The van der Waals surface area contributed by atoms with Crippen molar-refractivity contribution in [3.8, 4) is 0 Å². The Morgan fingerprint density at radius 3 is 2.47 bits per heavy atom. The summed E-state index contributed by atoms with van der Waals surface area (Å²) in [5.74, 6) is 0.583. The molecule has 0 aromatic carbocycles. The molecule has 1 rings (SSSR count). The highest BCUT2D eigenvalue weighted by atomic mass is 28.4. The van der Waals surface area contributed by atoms with E-state index in [1.807, 2.05) is 0 Å². The van der Waals surface area contributed by atoms with E-state index in [-0.39, 0.29) is 17.7 Å². The van der Waals surface area contributed by atoms with Gasteiger partial charge in [0.05, 0.1) is 18.8 Å². The summed E-state index contributed by atoms with van der Waals surface area (Å²) < 4.78 is 12.3. The highest BCUT2D eigenvalue weighted by Crippen LogP contribution is 2.37. The van der Waals surface area contributed by atoms with Crippen LogP contribution in [0, 0.1) is 5.92 Å². The van der Waals surface area contributed by atoms with E-state index in [9.17, 15) is 0 Å². The van der Waals surface area contributed by atoms with Crippen molar-refractivity contribution >= 4 is 8.32 Å². The molecule has 0 unspecified atom stereocenters. The second-order valence-corrected chi connectivity index (χ2v) is 12.3. The molecule has 1 aliphatic rings. The zero-order valence-corrected chi connectivity index (χ0v) is 14.5. The largest absolute Gasteiger partial charge is 0.414 e. The Labute approximate surface area is 119 Å². The molecular formula is C15H32O3Si. The summed E-state index contributed by atoms with van der Waals surface area (Å²) >= 11 is 0. The van der Waals surface area contributed by atoms with Crippen molar-refractivity contribution in [3.05, 3.63) is 0 Å². The summed E-state index contributed by atoms with van der Waals surface area (Å²) in [4.78, 5) is 0. The second kappa shape index (κ2) is 6.70. The van der Waals surface area contributed by atoms with Crippen molar-refractivity contribution in [1.29, 1.82) is 0 Å². The zero-order valence-electron chi connectivity index (χ0n) is 13.5. The SMILES string of the molecule is C[C@H]1C[C@H](CO[Si](C)(C)C(C)(C)C)O[C@H]1CCCO. The quantitative estimate of drug-likeness (QED) is 0.759. The monoisotopic (exact) mass is 288 g/mol. The normalized spacial score (nSPS) is 28.9. The fraction of sp³-hybridized carbons (Fsp3) is 1.00. The molecule has 0 saturated carbocycles. The first-order chi connectivity index (χ1) is 8.67. The molecule has 0 spiro atoms. The first-order valence-electron chi connectivity index (χ1n) is 7.57. The third kappa shape index (κ3) is 4.85. The van der Waals surface area contributed by atoms with Crippen LogP contribution in [-0.4, -0.2) is 38.8 Å². The average molecular weight is 289 g/mol. The van der Waals surface area contributed by atoms with Gasteiger partial charge in [-0.25, -0.2) is 0 Å². The molecule has 4 heteroatoms. The first kappa shape index (κ1) is 17.1. The van der Waals surface area contributed by atoms with Gasteiger partial charge in [-0.15, -0.1) is 0 Å². The molecule has 3 nitrogen and oxygen atoms in total. The summed E-state index contributed by atoms with van der Waals surface area (Å²) in [6.07, 6.45) is 3.44. The van der Waals surface area contributed by atoms with Crippen LogP contribution in [0.2, 0.25) is 18.1 Å². The van der Waals surface area contributed by atoms with Crippen molar-refractivity contribution in [2.24, 2.45) is 5.92 Å². The maximum Gasteiger partial charge on any atom is 0.192 e. The third-order valence-electron chi connectivity index (χ3n) is 4.72. The van der Waals surface area contributed by atoms with Crippen LogP contribution in [0.4, 0.5) is 0 Å². The highest BCUT2D eigenvalue weighted by Gasteiger charge is 2.39. The molecule has 1 N–H and O–H groups in total. The minimum atomic E-state index is -1.66. The number of aliphatic hydroxyl groups excluding tert-OH is 1. The van der Waals surface area contributed by atoms with Crippen molar-refractivity contribution in [2.75, 3.05) is 13.2 Å². The number of aliphatic hydroxyl groups is 1. The van der Waals surface area contributed by atoms with Gasteiger partial charge in [0, 0.05) is 6.61 Å². The van der Waals surface area contributed by atoms with Gasteiger partial charge >= 0.3 is 0 Å². The smallest absolute Gasteiger partial charge is 0.192 e. The lowest BCUT2D eigenvalue weighted by atomic mass is 9.99. The summed E-state index contributed by atoms with van der Waals surface area (Å²) in [7, 11) is -1.66. The van der Waals surface area contributed by atoms with E-state index in [0.717, 1.165) is 25.9 Å². The van der Waals surface area contributed by atoms with Crippen LogP contribution in [0.15, 0.2) is 0 Å². The predicted octanol–water partition coefficient (Wildman–Crippen LogP) is 3.57. The molecular weight excluding hydrogens is 256 g/mol. The molecule has 0 amide bonds. The van der Waals surface area contributed by atoms with Crippen LogP contribution in [0.3, 0.4) is 0 Å². The molecule has 19 heavy (non-hydrogen) atoms. The van der Waals surface area contributed by atoms with Gasteiger partial charge in [-0.05, 0) is 43.3 Å². The summed E-state index contributed by atoms with van der Waals surface area (Å²) in [6.45, 7) is 14.6. The topological polar surface area (TPSA) is 38.7 Å². The molecule has 114 valence electrons.